The van der Waals surface area contributed by atoms with E-state index in [2.05, 4.69) is 4.74 Å². The topological polar surface area (TPSA) is 63.6 Å². The molecule has 0 saturated heterocycles. The normalized spacial score (nSPS) is 9.88. The monoisotopic (exact) mass is 226 g/mol. The molecule has 1 aromatic carbocycles. The first-order valence-corrected chi connectivity index (χ1v) is 4.72. The number of carbonyl (C=O) groups is 2. The molecule has 1 N–H and O–H groups in total. The van der Waals surface area contributed by atoms with Crippen LogP contribution in [0.5, 0.6) is 5.75 Å². The van der Waals surface area contributed by atoms with Gasteiger partial charge in [0.1, 0.15) is 18.0 Å². The highest BCUT2D eigenvalue weighted by molar-refractivity contribution is 6.07. The number of hydrogen-bond acceptors (Lipinski definition) is 4. The van der Waals surface area contributed by atoms with E-state index in [0.717, 1.165) is 18.2 Å². The Balaban J connectivity index is 2.80. The molecule has 0 aromatic heterocycles. The SMILES string of the molecule is CCOC(=O)CC(=O)c1cc(F)ccc1O. The number of esters is 1. The number of aromatic hydroxyl groups is 1. The van der Waals surface area contributed by atoms with Crippen LogP contribution in [-0.4, -0.2) is 23.5 Å². The Morgan fingerprint density at radius 3 is 2.75 bits per heavy atom. The van der Waals surface area contributed by atoms with E-state index in [-0.39, 0.29) is 17.9 Å². The lowest BCUT2D eigenvalue weighted by atomic mass is 10.1. The lowest BCUT2D eigenvalue weighted by Crippen LogP contribution is -2.11. The highest BCUT2D eigenvalue weighted by atomic mass is 19.1. The van der Waals surface area contributed by atoms with Crippen molar-refractivity contribution in [3.8, 4) is 5.75 Å². The van der Waals surface area contributed by atoms with E-state index in [1.54, 1.807) is 6.92 Å². The lowest BCUT2D eigenvalue weighted by Gasteiger charge is -2.03. The molecule has 0 aliphatic rings. The number of phenols is 1. The molecule has 1 rings (SSSR count). The quantitative estimate of drug-likeness (QED) is 0.482. The number of phenolic OH excluding ortho intramolecular Hbond substituents is 1. The smallest absolute Gasteiger partial charge is 0.313 e. The molecule has 0 radical (unpaired) electrons. The summed E-state index contributed by atoms with van der Waals surface area (Å²) in [6.07, 6.45) is -0.509. The molecule has 0 bridgehead atoms. The summed E-state index contributed by atoms with van der Waals surface area (Å²) in [6.45, 7) is 1.78. The molecule has 0 aliphatic carbocycles. The molecule has 86 valence electrons. The number of Topliss-reactive ketones (excluding diaryl/α,β-unsaturated/α-hetero) is 1. The van der Waals surface area contributed by atoms with Gasteiger partial charge < -0.3 is 9.84 Å². The first-order valence-electron chi connectivity index (χ1n) is 4.72. The van der Waals surface area contributed by atoms with Gasteiger partial charge >= 0.3 is 5.97 Å². The number of halogens is 1. The van der Waals surface area contributed by atoms with Crippen molar-refractivity contribution < 1.29 is 23.8 Å². The fourth-order valence-electron chi connectivity index (χ4n) is 1.17. The molecule has 0 fully saturated rings. The lowest BCUT2D eigenvalue weighted by molar-refractivity contribution is -0.141. The van der Waals surface area contributed by atoms with Crippen molar-refractivity contribution in [2.24, 2.45) is 0 Å². The third-order valence-electron chi connectivity index (χ3n) is 1.87. The van der Waals surface area contributed by atoms with Crippen molar-refractivity contribution in [3.63, 3.8) is 0 Å². The zero-order valence-electron chi connectivity index (χ0n) is 8.70. The molecule has 1 aromatic rings. The summed E-state index contributed by atoms with van der Waals surface area (Å²) in [5.41, 5.74) is -0.215. The molecule has 0 saturated carbocycles. The standard InChI is InChI=1S/C11H11FO4/c1-2-16-11(15)6-10(14)8-5-7(12)3-4-9(8)13/h3-5,13H,2,6H2,1H3. The van der Waals surface area contributed by atoms with Crippen molar-refractivity contribution >= 4 is 11.8 Å². The second kappa shape index (κ2) is 5.25. The number of carbonyl (C=O) groups excluding carboxylic acids is 2. The van der Waals surface area contributed by atoms with Gasteiger partial charge in [-0.25, -0.2) is 4.39 Å². The maximum atomic E-state index is 12.8. The van der Waals surface area contributed by atoms with Crippen LogP contribution in [-0.2, 0) is 9.53 Å². The van der Waals surface area contributed by atoms with Gasteiger partial charge in [-0.3, -0.25) is 9.59 Å². The Kier molecular flexibility index (Phi) is 3.99. The number of hydrogen-bond donors (Lipinski definition) is 1. The van der Waals surface area contributed by atoms with Gasteiger partial charge in [-0.15, -0.1) is 0 Å². The number of benzene rings is 1. The molecule has 5 heteroatoms. The average molecular weight is 226 g/mol. The van der Waals surface area contributed by atoms with Crippen molar-refractivity contribution in [2.75, 3.05) is 6.61 Å². The van der Waals surface area contributed by atoms with E-state index < -0.39 is 24.0 Å². The van der Waals surface area contributed by atoms with Crippen LogP contribution in [0.15, 0.2) is 18.2 Å². The van der Waals surface area contributed by atoms with Crippen LogP contribution in [0.4, 0.5) is 4.39 Å². The summed E-state index contributed by atoms with van der Waals surface area (Å²) in [6, 6.07) is 2.97. The molecule has 0 amide bonds. The minimum Gasteiger partial charge on any atom is -0.507 e. The minimum atomic E-state index is -0.698. The van der Waals surface area contributed by atoms with E-state index in [1.807, 2.05) is 0 Å². The van der Waals surface area contributed by atoms with Crippen LogP contribution < -0.4 is 0 Å². The van der Waals surface area contributed by atoms with Crippen LogP contribution in [0.3, 0.4) is 0 Å². The average Bonchev–Trinajstić information content (AvgIpc) is 2.21. The molecule has 0 atom stereocenters. The van der Waals surface area contributed by atoms with Gasteiger partial charge in [0.15, 0.2) is 5.78 Å². The minimum absolute atomic E-state index is 0.168. The Bertz CT molecular complexity index is 414. The van der Waals surface area contributed by atoms with Gasteiger partial charge in [0.05, 0.1) is 12.2 Å². The Hall–Kier alpha value is -1.91. The predicted molar refractivity (Wildman–Crippen MR) is 53.6 cm³/mol. The van der Waals surface area contributed by atoms with Crippen LogP contribution in [0.2, 0.25) is 0 Å². The summed E-state index contributed by atoms with van der Waals surface area (Å²) in [4.78, 5) is 22.5. The van der Waals surface area contributed by atoms with Crippen molar-refractivity contribution in [1.29, 1.82) is 0 Å². The van der Waals surface area contributed by atoms with E-state index in [0.29, 0.717) is 0 Å². The van der Waals surface area contributed by atoms with Crippen LogP contribution >= 0.6 is 0 Å². The molecule has 0 heterocycles. The molecular weight excluding hydrogens is 215 g/mol. The second-order valence-corrected chi connectivity index (χ2v) is 3.07. The third kappa shape index (κ3) is 3.05. The predicted octanol–water partition coefficient (Wildman–Crippen LogP) is 1.67. The van der Waals surface area contributed by atoms with Crippen LogP contribution in [0.25, 0.3) is 0 Å². The van der Waals surface area contributed by atoms with Crippen molar-refractivity contribution in [2.45, 2.75) is 13.3 Å². The van der Waals surface area contributed by atoms with Crippen molar-refractivity contribution in [3.05, 3.63) is 29.6 Å². The molecule has 0 unspecified atom stereocenters. The molecule has 0 aliphatic heterocycles. The van der Waals surface area contributed by atoms with Gasteiger partial charge in [-0.2, -0.15) is 0 Å². The fraction of sp³-hybridized carbons (Fsp3) is 0.273. The Labute approximate surface area is 91.7 Å². The van der Waals surface area contributed by atoms with Gasteiger partial charge in [0, 0.05) is 0 Å². The first kappa shape index (κ1) is 12.2. The summed E-state index contributed by atoms with van der Waals surface area (Å²) in [7, 11) is 0. The molecule has 4 nitrogen and oxygen atoms in total. The zero-order chi connectivity index (χ0) is 12.1. The van der Waals surface area contributed by atoms with Gasteiger partial charge in [-0.1, -0.05) is 0 Å². The van der Waals surface area contributed by atoms with E-state index in [1.165, 1.54) is 0 Å². The highest BCUT2D eigenvalue weighted by Crippen LogP contribution is 2.19. The molecule has 16 heavy (non-hydrogen) atoms. The van der Waals surface area contributed by atoms with Gasteiger partial charge in [0.2, 0.25) is 0 Å². The van der Waals surface area contributed by atoms with E-state index in [4.69, 9.17) is 0 Å². The number of ketones is 1. The van der Waals surface area contributed by atoms with E-state index in [9.17, 15) is 19.1 Å². The Morgan fingerprint density at radius 2 is 2.12 bits per heavy atom. The number of rotatable bonds is 4. The molecular formula is C11H11FO4. The van der Waals surface area contributed by atoms with Crippen molar-refractivity contribution in [1.82, 2.24) is 0 Å². The Morgan fingerprint density at radius 1 is 1.44 bits per heavy atom. The van der Waals surface area contributed by atoms with Gasteiger partial charge in [-0.05, 0) is 25.1 Å². The van der Waals surface area contributed by atoms with Crippen LogP contribution in [0, 0.1) is 5.82 Å². The summed E-state index contributed by atoms with van der Waals surface area (Å²) >= 11 is 0. The number of ether oxygens (including phenoxy) is 1. The van der Waals surface area contributed by atoms with Crippen LogP contribution in [0.1, 0.15) is 23.7 Å². The van der Waals surface area contributed by atoms with Gasteiger partial charge in [0.25, 0.3) is 0 Å². The van der Waals surface area contributed by atoms with E-state index >= 15 is 0 Å². The molecule has 0 spiro atoms. The second-order valence-electron chi connectivity index (χ2n) is 3.07. The summed E-state index contributed by atoms with van der Waals surface area (Å²) < 4.78 is 17.4. The highest BCUT2D eigenvalue weighted by Gasteiger charge is 2.16. The maximum absolute atomic E-state index is 12.8. The fourth-order valence-corrected chi connectivity index (χ4v) is 1.17. The first-order chi connectivity index (χ1) is 7.54. The zero-order valence-corrected chi connectivity index (χ0v) is 8.70. The summed E-state index contributed by atoms with van der Waals surface area (Å²) in [5, 5.41) is 9.31. The third-order valence-corrected chi connectivity index (χ3v) is 1.87. The summed E-state index contributed by atoms with van der Waals surface area (Å²) in [5.74, 6) is -2.37. The maximum Gasteiger partial charge on any atom is 0.313 e. The largest absolute Gasteiger partial charge is 0.507 e.